The topological polar surface area (TPSA) is 38.7 Å². The summed E-state index contributed by atoms with van der Waals surface area (Å²) >= 11 is 5.05. The number of hydrogen-bond acceptors (Lipinski definition) is 6. The summed E-state index contributed by atoms with van der Waals surface area (Å²) in [6.07, 6.45) is 1.65. The van der Waals surface area contributed by atoms with Crippen molar-refractivity contribution in [1.82, 2.24) is 15.0 Å². The zero-order valence-corrected chi connectivity index (χ0v) is 13.9. The SMILES string of the molecule is c1ccc(-c2cc3c(SCc4cscn4)ncnc3s2)cc1. The molecule has 0 fully saturated rings. The van der Waals surface area contributed by atoms with Crippen LogP contribution in [0.4, 0.5) is 0 Å². The number of aromatic nitrogens is 3. The molecule has 22 heavy (non-hydrogen) atoms. The van der Waals surface area contributed by atoms with Gasteiger partial charge in [0.2, 0.25) is 0 Å². The molecule has 0 amide bonds. The molecule has 3 aromatic heterocycles. The first kappa shape index (κ1) is 13.9. The molecule has 0 atom stereocenters. The zero-order chi connectivity index (χ0) is 14.8. The van der Waals surface area contributed by atoms with Crippen molar-refractivity contribution in [2.24, 2.45) is 0 Å². The Balaban J connectivity index is 1.69. The van der Waals surface area contributed by atoms with E-state index in [1.807, 2.05) is 11.6 Å². The highest BCUT2D eigenvalue weighted by Gasteiger charge is 2.11. The molecule has 0 saturated carbocycles. The van der Waals surface area contributed by atoms with Crippen LogP contribution in [0.5, 0.6) is 0 Å². The van der Waals surface area contributed by atoms with Crippen molar-refractivity contribution < 1.29 is 0 Å². The van der Waals surface area contributed by atoms with Gasteiger partial charge in [0.25, 0.3) is 0 Å². The van der Waals surface area contributed by atoms with Gasteiger partial charge in [-0.15, -0.1) is 22.7 Å². The van der Waals surface area contributed by atoms with Crippen molar-refractivity contribution in [2.75, 3.05) is 0 Å². The Morgan fingerprint density at radius 3 is 2.77 bits per heavy atom. The third kappa shape index (κ3) is 2.77. The molecule has 0 bridgehead atoms. The first-order valence-electron chi connectivity index (χ1n) is 6.70. The maximum absolute atomic E-state index is 4.45. The number of benzene rings is 1. The summed E-state index contributed by atoms with van der Waals surface area (Å²) < 4.78 is 0. The van der Waals surface area contributed by atoms with Crippen LogP contribution in [-0.4, -0.2) is 15.0 Å². The smallest absolute Gasteiger partial charge is 0.128 e. The molecule has 0 unspecified atom stereocenters. The molecule has 1 aromatic carbocycles. The van der Waals surface area contributed by atoms with Crippen LogP contribution in [0.3, 0.4) is 0 Å². The lowest BCUT2D eigenvalue weighted by molar-refractivity contribution is 1.10. The van der Waals surface area contributed by atoms with E-state index in [0.29, 0.717) is 0 Å². The fourth-order valence-corrected chi connectivity index (χ4v) is 4.75. The van der Waals surface area contributed by atoms with E-state index in [1.54, 1.807) is 40.8 Å². The Morgan fingerprint density at radius 1 is 1.05 bits per heavy atom. The highest BCUT2D eigenvalue weighted by atomic mass is 32.2. The molecular weight excluding hydrogens is 330 g/mol. The number of nitrogens with zero attached hydrogens (tertiary/aromatic N) is 3. The van der Waals surface area contributed by atoms with Crippen molar-refractivity contribution in [3.05, 3.63) is 59.3 Å². The van der Waals surface area contributed by atoms with Gasteiger partial charge >= 0.3 is 0 Å². The Labute approximate surface area is 140 Å². The third-order valence-corrected chi connectivity index (χ3v) is 5.96. The zero-order valence-electron chi connectivity index (χ0n) is 11.5. The molecule has 0 spiro atoms. The summed E-state index contributed by atoms with van der Waals surface area (Å²) in [5.74, 6) is 0.839. The first-order chi connectivity index (χ1) is 10.9. The number of fused-ring (bicyclic) bond motifs is 1. The Morgan fingerprint density at radius 2 is 1.95 bits per heavy atom. The van der Waals surface area contributed by atoms with Crippen LogP contribution in [0.1, 0.15) is 5.69 Å². The van der Waals surface area contributed by atoms with Crippen LogP contribution in [-0.2, 0) is 5.75 Å². The summed E-state index contributed by atoms with van der Waals surface area (Å²) in [5.41, 5.74) is 4.19. The molecule has 3 heterocycles. The summed E-state index contributed by atoms with van der Waals surface area (Å²) in [6, 6.07) is 12.6. The molecule has 0 aliphatic carbocycles. The first-order valence-corrected chi connectivity index (χ1v) is 9.44. The molecule has 0 radical (unpaired) electrons. The van der Waals surface area contributed by atoms with Gasteiger partial charge in [-0.3, -0.25) is 0 Å². The minimum atomic E-state index is 0.839. The molecule has 4 aromatic rings. The van der Waals surface area contributed by atoms with Gasteiger partial charge < -0.3 is 0 Å². The molecule has 0 saturated heterocycles. The van der Waals surface area contributed by atoms with Crippen molar-refractivity contribution in [2.45, 2.75) is 10.8 Å². The Bertz CT molecular complexity index is 886. The molecule has 4 rings (SSSR count). The molecule has 0 aliphatic rings. The van der Waals surface area contributed by atoms with E-state index in [-0.39, 0.29) is 0 Å². The molecule has 0 N–H and O–H groups in total. The number of thiazole rings is 1. The Kier molecular flexibility index (Phi) is 3.88. The number of thioether (sulfide) groups is 1. The van der Waals surface area contributed by atoms with Crippen LogP contribution < -0.4 is 0 Å². The van der Waals surface area contributed by atoms with Crippen LogP contribution >= 0.6 is 34.4 Å². The minimum absolute atomic E-state index is 0.839. The van der Waals surface area contributed by atoms with Gasteiger partial charge in [-0.05, 0) is 11.6 Å². The van der Waals surface area contributed by atoms with E-state index < -0.39 is 0 Å². The van der Waals surface area contributed by atoms with E-state index in [2.05, 4.69) is 50.7 Å². The quantitative estimate of drug-likeness (QED) is 0.382. The van der Waals surface area contributed by atoms with Crippen LogP contribution in [0.2, 0.25) is 0 Å². The normalized spacial score (nSPS) is 11.1. The number of rotatable bonds is 4. The van der Waals surface area contributed by atoms with E-state index in [0.717, 1.165) is 26.7 Å². The Hall–Kier alpha value is -1.76. The predicted octanol–water partition coefficient (Wildman–Crippen LogP) is 5.11. The molecule has 0 aliphatic heterocycles. The van der Waals surface area contributed by atoms with E-state index in [1.165, 1.54) is 10.4 Å². The highest BCUT2D eigenvalue weighted by Crippen LogP contribution is 2.36. The second-order valence-corrected chi connectivity index (χ2v) is 7.36. The van der Waals surface area contributed by atoms with E-state index in [4.69, 9.17) is 0 Å². The van der Waals surface area contributed by atoms with Crippen molar-refractivity contribution in [3.8, 4) is 10.4 Å². The fourth-order valence-electron chi connectivity index (χ4n) is 2.14. The summed E-state index contributed by atoms with van der Waals surface area (Å²) in [6.45, 7) is 0. The van der Waals surface area contributed by atoms with E-state index >= 15 is 0 Å². The second kappa shape index (κ2) is 6.16. The van der Waals surface area contributed by atoms with Gasteiger partial charge in [0, 0.05) is 21.4 Å². The summed E-state index contributed by atoms with van der Waals surface area (Å²) in [7, 11) is 0. The van der Waals surface area contributed by atoms with E-state index in [9.17, 15) is 0 Å². The predicted molar refractivity (Wildman–Crippen MR) is 94.5 cm³/mol. The molecular formula is C16H11N3S3. The largest absolute Gasteiger partial charge is 0.249 e. The lowest BCUT2D eigenvalue weighted by Crippen LogP contribution is -1.85. The van der Waals surface area contributed by atoms with Gasteiger partial charge in [0.05, 0.1) is 11.2 Å². The maximum Gasteiger partial charge on any atom is 0.128 e. The van der Waals surface area contributed by atoms with Gasteiger partial charge in [-0.1, -0.05) is 42.1 Å². The van der Waals surface area contributed by atoms with Crippen molar-refractivity contribution in [3.63, 3.8) is 0 Å². The molecule has 108 valence electrons. The van der Waals surface area contributed by atoms with Crippen molar-refractivity contribution >= 4 is 44.7 Å². The van der Waals surface area contributed by atoms with Crippen LogP contribution in [0, 0.1) is 0 Å². The maximum atomic E-state index is 4.45. The summed E-state index contributed by atoms with van der Waals surface area (Å²) in [4.78, 5) is 15.4. The molecule has 3 nitrogen and oxygen atoms in total. The van der Waals surface area contributed by atoms with Gasteiger partial charge in [0.15, 0.2) is 0 Å². The number of hydrogen-bond donors (Lipinski definition) is 0. The third-order valence-electron chi connectivity index (χ3n) is 3.19. The van der Waals surface area contributed by atoms with Gasteiger partial charge in [0.1, 0.15) is 16.2 Å². The number of thiophene rings is 1. The van der Waals surface area contributed by atoms with Crippen LogP contribution in [0.15, 0.2) is 58.6 Å². The second-order valence-electron chi connectivity index (χ2n) is 4.64. The average Bonchev–Trinajstić information content (AvgIpc) is 3.23. The average molecular weight is 341 g/mol. The van der Waals surface area contributed by atoms with Gasteiger partial charge in [-0.2, -0.15) is 0 Å². The lowest BCUT2D eigenvalue weighted by atomic mass is 10.2. The molecule has 6 heteroatoms. The summed E-state index contributed by atoms with van der Waals surface area (Å²) in [5, 5.41) is 4.23. The fraction of sp³-hybridized carbons (Fsp3) is 0.0625. The van der Waals surface area contributed by atoms with Crippen LogP contribution in [0.25, 0.3) is 20.7 Å². The minimum Gasteiger partial charge on any atom is -0.249 e. The van der Waals surface area contributed by atoms with Gasteiger partial charge in [-0.25, -0.2) is 15.0 Å². The standard InChI is InChI=1S/C16H11N3S3/c1-2-4-11(5-3-1)14-6-13-15(17-9-18-16(13)22-14)21-8-12-7-20-10-19-12/h1-7,9-10H,8H2. The van der Waals surface area contributed by atoms with Crippen molar-refractivity contribution in [1.29, 1.82) is 0 Å². The highest BCUT2D eigenvalue weighted by molar-refractivity contribution is 7.98. The lowest BCUT2D eigenvalue weighted by Gasteiger charge is -1.99. The monoisotopic (exact) mass is 341 g/mol.